The second kappa shape index (κ2) is 6.10. The smallest absolute Gasteiger partial charge is 0.167 e. The predicted molar refractivity (Wildman–Crippen MR) is 60.0 cm³/mol. The maximum absolute atomic E-state index is 11.9. The Bertz CT molecular complexity index is 570. The van der Waals surface area contributed by atoms with E-state index in [9.17, 15) is 26.3 Å². The first-order chi connectivity index (χ1) is 9.50. The number of tetrazole rings is 1. The lowest BCUT2D eigenvalue weighted by Crippen LogP contribution is -2.08. The van der Waals surface area contributed by atoms with Gasteiger partial charge in [0.25, 0.3) is 5.82 Å². The summed E-state index contributed by atoms with van der Waals surface area (Å²) < 4.78 is 70.6. The SMILES string of the molecule is Cc1ccc(C(F)(F)F)cc1.Cn1nnc(C(F)(F)F)n1. The molecule has 0 atom stereocenters. The Hall–Kier alpha value is -2.13. The number of hydrogen-bond acceptors (Lipinski definition) is 3. The van der Waals surface area contributed by atoms with Gasteiger partial charge in [-0.15, -0.1) is 10.2 Å². The maximum atomic E-state index is 11.9. The zero-order valence-corrected chi connectivity index (χ0v) is 10.9. The van der Waals surface area contributed by atoms with Gasteiger partial charge in [0, 0.05) is 0 Å². The van der Waals surface area contributed by atoms with Gasteiger partial charge in [0.15, 0.2) is 0 Å². The topological polar surface area (TPSA) is 43.6 Å². The van der Waals surface area contributed by atoms with Crippen LogP contribution >= 0.6 is 0 Å². The van der Waals surface area contributed by atoms with Gasteiger partial charge in [-0.1, -0.05) is 17.7 Å². The third kappa shape index (κ3) is 5.40. The Kier molecular flexibility index (Phi) is 4.92. The van der Waals surface area contributed by atoms with Crippen molar-refractivity contribution in [3.63, 3.8) is 0 Å². The molecule has 0 unspecified atom stereocenters. The Morgan fingerprint density at radius 1 is 0.905 bits per heavy atom. The molecule has 2 rings (SSSR count). The first-order valence-corrected chi connectivity index (χ1v) is 5.45. The van der Waals surface area contributed by atoms with Crippen LogP contribution in [0, 0.1) is 6.92 Å². The number of hydrogen-bond donors (Lipinski definition) is 0. The molecule has 0 radical (unpaired) electrons. The highest BCUT2D eigenvalue weighted by Gasteiger charge is 2.36. The predicted octanol–water partition coefficient (Wildman–Crippen LogP) is 3.24. The molecule has 4 nitrogen and oxygen atoms in total. The summed E-state index contributed by atoms with van der Waals surface area (Å²) in [6.45, 7) is 1.75. The van der Waals surface area contributed by atoms with Gasteiger partial charge in [0.2, 0.25) is 0 Å². The number of alkyl halides is 6. The quantitative estimate of drug-likeness (QED) is 0.701. The van der Waals surface area contributed by atoms with Crippen molar-refractivity contribution in [2.45, 2.75) is 19.3 Å². The monoisotopic (exact) mass is 312 g/mol. The van der Waals surface area contributed by atoms with Crippen LogP contribution in [0.15, 0.2) is 24.3 Å². The van der Waals surface area contributed by atoms with Crippen molar-refractivity contribution in [1.82, 2.24) is 20.2 Å². The molecule has 0 N–H and O–H groups in total. The molecule has 10 heteroatoms. The first-order valence-electron chi connectivity index (χ1n) is 5.45. The molecule has 1 aromatic carbocycles. The average molecular weight is 312 g/mol. The number of halogens is 6. The van der Waals surface area contributed by atoms with E-state index >= 15 is 0 Å². The maximum Gasteiger partial charge on any atom is 0.455 e. The second-order valence-electron chi connectivity index (χ2n) is 3.96. The van der Waals surface area contributed by atoms with Gasteiger partial charge >= 0.3 is 12.4 Å². The molecular formula is C11H10F6N4. The molecule has 0 saturated heterocycles. The summed E-state index contributed by atoms with van der Waals surface area (Å²) in [5.41, 5.74) is 0.237. The van der Waals surface area contributed by atoms with Gasteiger partial charge in [-0.3, -0.25) is 0 Å². The minimum absolute atomic E-state index is 0.594. The van der Waals surface area contributed by atoms with Crippen molar-refractivity contribution in [1.29, 1.82) is 0 Å². The third-order valence-corrected chi connectivity index (χ3v) is 2.14. The summed E-state index contributed by atoms with van der Waals surface area (Å²) in [7, 11) is 1.27. The number of aryl methyl sites for hydroxylation is 2. The Morgan fingerprint density at radius 3 is 1.71 bits per heavy atom. The zero-order valence-electron chi connectivity index (χ0n) is 10.9. The van der Waals surface area contributed by atoms with Crippen LogP contribution in [0.5, 0.6) is 0 Å². The lowest BCUT2D eigenvalue weighted by Gasteiger charge is -2.05. The van der Waals surface area contributed by atoms with Crippen molar-refractivity contribution >= 4 is 0 Å². The molecule has 21 heavy (non-hydrogen) atoms. The second-order valence-corrected chi connectivity index (χ2v) is 3.96. The molecule has 0 aliphatic carbocycles. The van der Waals surface area contributed by atoms with Crippen molar-refractivity contribution in [2.24, 2.45) is 7.05 Å². The van der Waals surface area contributed by atoms with E-state index in [4.69, 9.17) is 0 Å². The lowest BCUT2D eigenvalue weighted by molar-refractivity contribution is -0.145. The normalized spacial score (nSPS) is 11.8. The summed E-state index contributed by atoms with van der Waals surface area (Å²) in [5.74, 6) is -1.21. The summed E-state index contributed by atoms with van der Waals surface area (Å²) in [6, 6.07) is 5.05. The molecule has 116 valence electrons. The lowest BCUT2D eigenvalue weighted by atomic mass is 10.1. The molecule has 0 bridgehead atoms. The minimum atomic E-state index is -4.49. The molecule has 0 saturated carbocycles. The van der Waals surface area contributed by atoms with Gasteiger partial charge in [-0.2, -0.15) is 31.1 Å². The summed E-state index contributed by atoms with van der Waals surface area (Å²) in [6.07, 6.45) is -8.71. The highest BCUT2D eigenvalue weighted by atomic mass is 19.4. The molecule has 0 amide bonds. The van der Waals surface area contributed by atoms with E-state index in [2.05, 4.69) is 15.4 Å². The van der Waals surface area contributed by atoms with Crippen LogP contribution in [-0.4, -0.2) is 20.2 Å². The van der Waals surface area contributed by atoms with E-state index in [1.165, 1.54) is 19.2 Å². The standard InChI is InChI=1S/C8H7F3.C3H3F3N4/c1-6-2-4-7(5-3-6)8(9,10)11;1-10-8-2(7-9-10)3(4,5)6/h2-5H,1H3;1H3. The Balaban J connectivity index is 0.000000211. The summed E-state index contributed by atoms with van der Waals surface area (Å²) in [4.78, 5) is 0.753. The molecule has 0 spiro atoms. The van der Waals surface area contributed by atoms with Crippen LogP contribution in [0.25, 0.3) is 0 Å². The van der Waals surface area contributed by atoms with Gasteiger partial charge in [-0.25, -0.2) is 0 Å². The molecule has 0 fully saturated rings. The van der Waals surface area contributed by atoms with Crippen molar-refractivity contribution in [3.05, 3.63) is 41.2 Å². The molecule has 0 aliphatic rings. The summed E-state index contributed by atoms with van der Waals surface area (Å²) in [5, 5.41) is 8.73. The van der Waals surface area contributed by atoms with Gasteiger partial charge in [0.05, 0.1) is 12.6 Å². The van der Waals surface area contributed by atoms with Gasteiger partial charge < -0.3 is 0 Å². The summed E-state index contributed by atoms with van der Waals surface area (Å²) >= 11 is 0. The number of rotatable bonds is 0. The van der Waals surface area contributed by atoms with Crippen molar-refractivity contribution in [2.75, 3.05) is 0 Å². The van der Waals surface area contributed by atoms with E-state index in [0.717, 1.165) is 22.5 Å². The number of aromatic nitrogens is 4. The Labute approximate surface area is 115 Å². The van der Waals surface area contributed by atoms with Crippen LogP contribution < -0.4 is 0 Å². The molecular weight excluding hydrogens is 302 g/mol. The van der Waals surface area contributed by atoms with E-state index in [1.807, 2.05) is 0 Å². The first kappa shape index (κ1) is 16.9. The fourth-order valence-electron chi connectivity index (χ4n) is 1.14. The fraction of sp³-hybridized carbons (Fsp3) is 0.364. The van der Waals surface area contributed by atoms with E-state index in [1.54, 1.807) is 6.92 Å². The highest BCUT2D eigenvalue weighted by molar-refractivity contribution is 5.23. The van der Waals surface area contributed by atoms with E-state index in [0.29, 0.717) is 0 Å². The molecule has 1 heterocycles. The zero-order chi connectivity index (χ0) is 16.3. The van der Waals surface area contributed by atoms with Gasteiger partial charge in [0.1, 0.15) is 0 Å². The average Bonchev–Trinajstić information content (AvgIpc) is 2.76. The van der Waals surface area contributed by atoms with Crippen LogP contribution in [-0.2, 0) is 19.4 Å². The number of nitrogens with zero attached hydrogens (tertiary/aromatic N) is 4. The largest absolute Gasteiger partial charge is 0.455 e. The van der Waals surface area contributed by atoms with Crippen molar-refractivity contribution in [3.8, 4) is 0 Å². The van der Waals surface area contributed by atoms with Crippen molar-refractivity contribution < 1.29 is 26.3 Å². The molecule has 0 aliphatic heterocycles. The fourth-order valence-corrected chi connectivity index (χ4v) is 1.14. The highest BCUT2D eigenvalue weighted by Crippen LogP contribution is 2.28. The molecule has 2 aromatic rings. The van der Waals surface area contributed by atoms with Crippen LogP contribution in [0.1, 0.15) is 17.0 Å². The van der Waals surface area contributed by atoms with Crippen LogP contribution in [0.2, 0.25) is 0 Å². The van der Waals surface area contributed by atoms with Crippen LogP contribution in [0.3, 0.4) is 0 Å². The van der Waals surface area contributed by atoms with E-state index in [-0.39, 0.29) is 0 Å². The Morgan fingerprint density at radius 2 is 1.43 bits per heavy atom. The third-order valence-electron chi connectivity index (χ3n) is 2.14. The number of benzene rings is 1. The van der Waals surface area contributed by atoms with Crippen LogP contribution in [0.4, 0.5) is 26.3 Å². The minimum Gasteiger partial charge on any atom is -0.167 e. The van der Waals surface area contributed by atoms with E-state index < -0.39 is 23.7 Å². The van der Waals surface area contributed by atoms with Gasteiger partial charge in [-0.05, 0) is 24.3 Å². The molecule has 1 aromatic heterocycles.